The molecule has 4 rings (SSSR count). The predicted octanol–water partition coefficient (Wildman–Crippen LogP) is 5.17. The lowest BCUT2D eigenvalue weighted by molar-refractivity contribution is 0.141. The number of fused-ring (bicyclic) bond motifs is 1. The number of benzene rings is 2. The van der Waals surface area contributed by atoms with Gasteiger partial charge in [0, 0.05) is 18.0 Å². The van der Waals surface area contributed by atoms with Gasteiger partial charge in [0.1, 0.15) is 5.82 Å². The number of rotatable bonds is 5. The highest BCUT2D eigenvalue weighted by Gasteiger charge is 2.28. The maximum Gasteiger partial charge on any atom is 0.297 e. The van der Waals surface area contributed by atoms with Crippen molar-refractivity contribution in [2.45, 2.75) is 38.2 Å². The summed E-state index contributed by atoms with van der Waals surface area (Å²) in [4.78, 5) is 10.5. The fraction of sp³-hybridized carbons (Fsp3) is 0.333. The Morgan fingerprint density at radius 2 is 1.77 bits per heavy atom. The van der Waals surface area contributed by atoms with Crippen LogP contribution in [0.15, 0.2) is 54.6 Å². The minimum atomic E-state index is -2.66. The summed E-state index contributed by atoms with van der Waals surface area (Å²) >= 11 is 0. The summed E-state index contributed by atoms with van der Waals surface area (Å²) in [5.41, 5.74) is 1.89. The average molecular weight is 353 g/mol. The van der Waals surface area contributed by atoms with Crippen LogP contribution < -0.4 is 4.90 Å². The molecule has 0 N–H and O–H groups in total. The molecule has 1 aromatic heterocycles. The van der Waals surface area contributed by atoms with Crippen molar-refractivity contribution in [1.29, 1.82) is 0 Å². The van der Waals surface area contributed by atoms with E-state index in [4.69, 9.17) is 0 Å². The largest absolute Gasteiger partial charge is 0.353 e. The molecular formula is C21H21F2N3. The van der Waals surface area contributed by atoms with Crippen LogP contribution in [-0.4, -0.2) is 22.6 Å². The van der Waals surface area contributed by atoms with Crippen molar-refractivity contribution >= 4 is 16.7 Å². The number of hydrogen-bond acceptors (Lipinski definition) is 3. The molecule has 3 nitrogen and oxygen atoms in total. The molecule has 0 saturated carbocycles. The second-order valence-electron chi connectivity index (χ2n) is 6.74. The van der Waals surface area contributed by atoms with Crippen LogP contribution in [0.5, 0.6) is 0 Å². The van der Waals surface area contributed by atoms with Crippen LogP contribution in [0.25, 0.3) is 10.9 Å². The van der Waals surface area contributed by atoms with Gasteiger partial charge >= 0.3 is 0 Å². The van der Waals surface area contributed by atoms with Gasteiger partial charge in [-0.3, -0.25) is 0 Å². The van der Waals surface area contributed by atoms with Gasteiger partial charge < -0.3 is 4.90 Å². The Hall–Kier alpha value is -2.56. The predicted molar refractivity (Wildman–Crippen MR) is 99.6 cm³/mol. The first-order valence-electron chi connectivity index (χ1n) is 9.08. The third-order valence-electron chi connectivity index (χ3n) is 5.05. The van der Waals surface area contributed by atoms with Crippen LogP contribution in [0.3, 0.4) is 0 Å². The lowest BCUT2D eigenvalue weighted by Gasteiger charge is -2.27. The standard InChI is InChI=1S/C21H21F2N3/c22-19(23)20-24-18-11-5-4-10-17(18)21(25-20)26-14-6-9-16(26)13-12-15-7-2-1-3-8-15/h1-5,7-8,10-11,16,19H,6,9,12-14H2. The number of hydrogen-bond donors (Lipinski definition) is 0. The second-order valence-corrected chi connectivity index (χ2v) is 6.74. The molecule has 5 heteroatoms. The number of aryl methyl sites for hydroxylation is 1. The van der Waals surface area contributed by atoms with E-state index >= 15 is 0 Å². The zero-order chi connectivity index (χ0) is 17.9. The van der Waals surface area contributed by atoms with Crippen molar-refractivity contribution in [3.63, 3.8) is 0 Å². The van der Waals surface area contributed by atoms with Crippen LogP contribution in [0.1, 0.15) is 37.1 Å². The minimum absolute atomic E-state index is 0.319. The van der Waals surface area contributed by atoms with Crippen LogP contribution in [0.2, 0.25) is 0 Å². The molecule has 3 aromatic rings. The summed E-state index contributed by atoms with van der Waals surface area (Å²) in [6.07, 6.45) is 1.43. The Morgan fingerprint density at radius 1 is 1.00 bits per heavy atom. The highest BCUT2D eigenvalue weighted by atomic mass is 19.3. The monoisotopic (exact) mass is 353 g/mol. The first-order valence-corrected chi connectivity index (χ1v) is 9.08. The Morgan fingerprint density at radius 3 is 2.58 bits per heavy atom. The van der Waals surface area contributed by atoms with Crippen LogP contribution >= 0.6 is 0 Å². The topological polar surface area (TPSA) is 29.0 Å². The maximum atomic E-state index is 13.3. The summed E-state index contributed by atoms with van der Waals surface area (Å²) in [6.45, 7) is 0.850. The average Bonchev–Trinajstić information content (AvgIpc) is 3.14. The van der Waals surface area contributed by atoms with Gasteiger partial charge in [0.2, 0.25) is 0 Å². The van der Waals surface area contributed by atoms with Crippen LogP contribution in [0.4, 0.5) is 14.6 Å². The molecule has 2 heterocycles. The van der Waals surface area contributed by atoms with Gasteiger partial charge in [-0.15, -0.1) is 0 Å². The van der Waals surface area contributed by atoms with E-state index in [2.05, 4.69) is 39.1 Å². The van der Waals surface area contributed by atoms with Gasteiger partial charge in [0.25, 0.3) is 6.43 Å². The first-order chi connectivity index (χ1) is 12.7. The summed E-state index contributed by atoms with van der Waals surface area (Å²) in [6, 6.07) is 18.1. The van der Waals surface area contributed by atoms with Crippen molar-refractivity contribution in [3.05, 3.63) is 66.0 Å². The molecule has 0 spiro atoms. The molecular weight excluding hydrogens is 332 g/mol. The van der Waals surface area contributed by atoms with Crippen molar-refractivity contribution in [2.24, 2.45) is 0 Å². The van der Waals surface area contributed by atoms with Crippen molar-refractivity contribution in [1.82, 2.24) is 9.97 Å². The van der Waals surface area contributed by atoms with Gasteiger partial charge in [0.05, 0.1) is 5.52 Å². The van der Waals surface area contributed by atoms with E-state index in [1.54, 1.807) is 6.07 Å². The molecule has 26 heavy (non-hydrogen) atoms. The quantitative estimate of drug-likeness (QED) is 0.634. The number of para-hydroxylation sites is 1. The molecule has 0 bridgehead atoms. The molecule has 1 unspecified atom stereocenters. The zero-order valence-electron chi connectivity index (χ0n) is 14.5. The molecule has 1 atom stereocenters. The molecule has 0 aliphatic carbocycles. The van der Waals surface area contributed by atoms with Gasteiger partial charge in [-0.05, 0) is 43.4 Å². The van der Waals surface area contributed by atoms with E-state index in [9.17, 15) is 8.78 Å². The van der Waals surface area contributed by atoms with Crippen molar-refractivity contribution < 1.29 is 8.78 Å². The number of anilines is 1. The van der Waals surface area contributed by atoms with Gasteiger partial charge in [0.15, 0.2) is 5.82 Å². The van der Waals surface area contributed by atoms with Crippen LogP contribution in [0, 0.1) is 0 Å². The highest BCUT2D eigenvalue weighted by molar-refractivity contribution is 5.89. The maximum absolute atomic E-state index is 13.3. The second kappa shape index (κ2) is 7.36. The van der Waals surface area contributed by atoms with Gasteiger partial charge in [-0.1, -0.05) is 42.5 Å². The summed E-state index contributed by atoms with van der Waals surface area (Å²) in [5, 5.41) is 0.850. The molecule has 1 fully saturated rings. The van der Waals surface area contributed by atoms with E-state index in [1.807, 2.05) is 24.3 Å². The third-order valence-corrected chi connectivity index (χ3v) is 5.05. The molecule has 1 aliphatic heterocycles. The normalized spacial score (nSPS) is 17.3. The number of aromatic nitrogens is 2. The fourth-order valence-corrected chi connectivity index (χ4v) is 3.79. The summed E-state index contributed by atoms with van der Waals surface area (Å²) < 4.78 is 26.6. The molecule has 1 aliphatic rings. The van der Waals surface area contributed by atoms with Gasteiger partial charge in [-0.2, -0.15) is 0 Å². The Bertz CT molecular complexity index is 883. The molecule has 0 amide bonds. The van der Waals surface area contributed by atoms with E-state index in [-0.39, 0.29) is 5.82 Å². The molecule has 2 aromatic carbocycles. The minimum Gasteiger partial charge on any atom is -0.353 e. The van der Waals surface area contributed by atoms with E-state index in [1.165, 1.54) is 5.56 Å². The molecule has 1 saturated heterocycles. The van der Waals surface area contributed by atoms with Crippen molar-refractivity contribution in [2.75, 3.05) is 11.4 Å². The molecule has 134 valence electrons. The lowest BCUT2D eigenvalue weighted by atomic mass is 10.0. The number of nitrogens with zero attached hydrogens (tertiary/aromatic N) is 3. The van der Waals surface area contributed by atoms with Crippen LogP contribution in [-0.2, 0) is 6.42 Å². The van der Waals surface area contributed by atoms with E-state index < -0.39 is 6.43 Å². The third kappa shape index (κ3) is 3.39. The Balaban J connectivity index is 1.64. The summed E-state index contributed by atoms with van der Waals surface area (Å²) in [5.74, 6) is 0.272. The van der Waals surface area contributed by atoms with Crippen molar-refractivity contribution in [3.8, 4) is 0 Å². The molecule has 0 radical (unpaired) electrons. The lowest BCUT2D eigenvalue weighted by Crippen LogP contribution is -2.31. The fourth-order valence-electron chi connectivity index (χ4n) is 3.79. The first kappa shape index (κ1) is 16.9. The smallest absolute Gasteiger partial charge is 0.297 e. The Kier molecular flexibility index (Phi) is 4.78. The summed E-state index contributed by atoms with van der Waals surface area (Å²) in [7, 11) is 0. The highest BCUT2D eigenvalue weighted by Crippen LogP contribution is 2.33. The number of halogens is 2. The van der Waals surface area contributed by atoms with Gasteiger partial charge in [-0.25, -0.2) is 18.7 Å². The SMILES string of the molecule is FC(F)c1nc(N2CCCC2CCc2ccccc2)c2ccccc2n1. The van der Waals surface area contributed by atoms with E-state index in [0.717, 1.165) is 37.6 Å². The Labute approximate surface area is 151 Å². The number of alkyl halides is 2. The van der Waals surface area contributed by atoms with E-state index in [0.29, 0.717) is 17.4 Å². The zero-order valence-corrected chi connectivity index (χ0v) is 14.5.